The molecule has 0 aliphatic heterocycles. The first-order valence-corrected chi connectivity index (χ1v) is 5.96. The van der Waals surface area contributed by atoms with Crippen LogP contribution in [0.1, 0.15) is 6.92 Å². The van der Waals surface area contributed by atoms with Gasteiger partial charge in [-0.05, 0) is 0 Å². The standard InChI is InChI=1S/C6H7.CH3.Pt/c1-6-4-2-3-5-6;;/h2-5H,1H3;1H3;. The first-order chi connectivity index (χ1) is 3.77. The molecule has 0 amide bonds. The first-order valence-electron chi connectivity index (χ1n) is 2.55. The van der Waals surface area contributed by atoms with Gasteiger partial charge in [-0.1, -0.05) is 0 Å². The second-order valence-corrected chi connectivity index (χ2v) is 5.55. The average molecular weight is 289 g/mol. The van der Waals surface area contributed by atoms with E-state index in [0.717, 1.165) is 0 Å². The molecule has 1 heteroatoms. The van der Waals surface area contributed by atoms with E-state index in [1.54, 1.807) is 0 Å². The Kier molecular flexibility index (Phi) is 1.72. The topological polar surface area (TPSA) is 0 Å². The van der Waals surface area contributed by atoms with Crippen LogP contribution in [0.4, 0.5) is 0 Å². The third-order valence-electron chi connectivity index (χ3n) is 1.28. The molecule has 1 aliphatic carbocycles. The Morgan fingerprint density at radius 3 is 2.00 bits per heavy atom. The van der Waals surface area contributed by atoms with E-state index >= 15 is 0 Å². The zero-order valence-electron chi connectivity index (χ0n) is 5.13. The van der Waals surface area contributed by atoms with Crippen molar-refractivity contribution >= 4 is 0 Å². The van der Waals surface area contributed by atoms with E-state index in [9.17, 15) is 0 Å². The van der Waals surface area contributed by atoms with Gasteiger partial charge >= 0.3 is 58.9 Å². The van der Waals surface area contributed by atoms with Gasteiger partial charge in [-0.2, -0.15) is 0 Å². The van der Waals surface area contributed by atoms with Crippen molar-refractivity contribution in [2.45, 2.75) is 16.0 Å². The molecule has 0 aromatic rings. The van der Waals surface area contributed by atoms with Crippen molar-refractivity contribution in [2.24, 2.45) is 0 Å². The maximum atomic E-state index is 2.32. The van der Waals surface area contributed by atoms with Crippen molar-refractivity contribution in [3.63, 3.8) is 0 Å². The Morgan fingerprint density at radius 2 is 1.75 bits per heavy atom. The van der Waals surface area contributed by atoms with Gasteiger partial charge in [0.05, 0.1) is 0 Å². The van der Waals surface area contributed by atoms with Gasteiger partial charge in [-0.15, -0.1) is 0 Å². The predicted molar refractivity (Wildman–Crippen MR) is 32.5 cm³/mol. The van der Waals surface area contributed by atoms with E-state index in [-0.39, 0.29) is 0 Å². The number of hydrogen-bond acceptors (Lipinski definition) is 0. The molecular weight excluding hydrogens is 279 g/mol. The SMILES string of the molecule is [CH3][Pt][C]1(C)C=CC=C1. The summed E-state index contributed by atoms with van der Waals surface area (Å²) in [5, 5.41) is 2.32. The monoisotopic (exact) mass is 289 g/mol. The number of hydrogen-bond donors (Lipinski definition) is 0. The van der Waals surface area contributed by atoms with Crippen LogP contribution in [0.5, 0.6) is 0 Å². The molecule has 1 aliphatic rings. The minimum absolute atomic E-state index is 0.338. The predicted octanol–water partition coefficient (Wildman–Crippen LogP) is 2.42. The van der Waals surface area contributed by atoms with Crippen LogP contribution >= 0.6 is 0 Å². The fraction of sp³-hybridized carbons (Fsp3) is 0.429. The van der Waals surface area contributed by atoms with Gasteiger partial charge in [0, 0.05) is 0 Å². The van der Waals surface area contributed by atoms with E-state index < -0.39 is 0 Å². The van der Waals surface area contributed by atoms with E-state index in [4.69, 9.17) is 0 Å². The molecule has 0 atom stereocenters. The molecule has 0 aromatic heterocycles. The second-order valence-electron chi connectivity index (χ2n) is 1.96. The van der Waals surface area contributed by atoms with Crippen LogP contribution < -0.4 is 0 Å². The Morgan fingerprint density at radius 1 is 1.25 bits per heavy atom. The molecule has 0 bridgehead atoms. The van der Waals surface area contributed by atoms with Crippen molar-refractivity contribution in [3.8, 4) is 0 Å². The summed E-state index contributed by atoms with van der Waals surface area (Å²) in [4.78, 5) is 0. The van der Waals surface area contributed by atoms with Gasteiger partial charge in [-0.25, -0.2) is 0 Å². The van der Waals surface area contributed by atoms with Crippen molar-refractivity contribution in [2.75, 3.05) is 0 Å². The van der Waals surface area contributed by atoms with Crippen molar-refractivity contribution in [1.82, 2.24) is 0 Å². The first kappa shape index (κ1) is 6.29. The summed E-state index contributed by atoms with van der Waals surface area (Å²) in [5.74, 6) is 0. The molecule has 1 rings (SSSR count). The molecule has 8 heavy (non-hydrogen) atoms. The maximum absolute atomic E-state index is 2.32. The van der Waals surface area contributed by atoms with Crippen molar-refractivity contribution in [3.05, 3.63) is 24.3 Å². The summed E-state index contributed by atoms with van der Waals surface area (Å²) in [6.45, 7) is 2.29. The second kappa shape index (κ2) is 2.19. The van der Waals surface area contributed by atoms with Gasteiger partial charge in [0.1, 0.15) is 0 Å². The molecule has 0 spiro atoms. The fourth-order valence-corrected chi connectivity index (χ4v) is 1.83. The Hall–Kier alpha value is 0.168. The Balaban J connectivity index is 2.69. The van der Waals surface area contributed by atoms with Crippen LogP contribution in [0, 0.1) is 0 Å². The number of rotatable bonds is 1. The van der Waals surface area contributed by atoms with Crippen LogP contribution in [0.15, 0.2) is 24.3 Å². The molecule has 0 saturated heterocycles. The van der Waals surface area contributed by atoms with Gasteiger partial charge < -0.3 is 0 Å². The molecule has 0 nitrogen and oxygen atoms in total. The normalized spacial score (nSPS) is 22.8. The quantitative estimate of drug-likeness (QED) is 0.695. The third-order valence-corrected chi connectivity index (χ3v) is 4.48. The van der Waals surface area contributed by atoms with Crippen LogP contribution in [-0.2, 0) is 18.6 Å². The summed E-state index contributed by atoms with van der Waals surface area (Å²) in [7, 11) is 0. The summed E-state index contributed by atoms with van der Waals surface area (Å²) < 4.78 is 0.486. The molecule has 0 aromatic carbocycles. The number of allylic oxidation sites excluding steroid dienone is 4. The van der Waals surface area contributed by atoms with Crippen LogP contribution in [0.25, 0.3) is 0 Å². The third kappa shape index (κ3) is 1.11. The summed E-state index contributed by atoms with van der Waals surface area (Å²) >= 11 is 0.338. The van der Waals surface area contributed by atoms with E-state index in [1.165, 1.54) is 0 Å². The zero-order chi connectivity index (χ0) is 6.04. The van der Waals surface area contributed by atoms with Crippen LogP contribution in [0.3, 0.4) is 0 Å². The molecule has 0 heterocycles. The van der Waals surface area contributed by atoms with E-state index in [0.29, 0.717) is 22.4 Å². The van der Waals surface area contributed by atoms with Gasteiger partial charge in [0.2, 0.25) is 0 Å². The summed E-state index contributed by atoms with van der Waals surface area (Å²) in [6, 6.07) is 0. The van der Waals surface area contributed by atoms with Crippen molar-refractivity contribution in [1.29, 1.82) is 0 Å². The van der Waals surface area contributed by atoms with Gasteiger partial charge in [-0.3, -0.25) is 0 Å². The van der Waals surface area contributed by atoms with Crippen LogP contribution in [-0.4, -0.2) is 0 Å². The Bertz CT molecular complexity index is 121. The molecule has 0 N–H and O–H groups in total. The molecular formula is C7H10Pt. The van der Waals surface area contributed by atoms with Crippen molar-refractivity contribution < 1.29 is 18.6 Å². The summed E-state index contributed by atoms with van der Waals surface area (Å²) in [5.41, 5.74) is 0. The van der Waals surface area contributed by atoms with E-state index in [2.05, 4.69) is 36.5 Å². The van der Waals surface area contributed by atoms with Gasteiger partial charge in [0.15, 0.2) is 0 Å². The van der Waals surface area contributed by atoms with Crippen LogP contribution in [0.2, 0.25) is 9.12 Å². The van der Waals surface area contributed by atoms with E-state index in [1.807, 2.05) is 0 Å². The Labute approximate surface area is 59.2 Å². The molecule has 48 valence electrons. The van der Waals surface area contributed by atoms with Gasteiger partial charge in [0.25, 0.3) is 0 Å². The summed E-state index contributed by atoms with van der Waals surface area (Å²) in [6.07, 6.45) is 8.87. The zero-order valence-corrected chi connectivity index (χ0v) is 7.40. The molecule has 0 saturated carbocycles. The minimum atomic E-state index is 0.338. The molecule has 0 unspecified atom stereocenters. The fourth-order valence-electron chi connectivity index (χ4n) is 0.636. The average Bonchev–Trinajstić information content (AvgIpc) is 2.17. The molecule has 0 radical (unpaired) electrons. The molecule has 0 fully saturated rings.